The second kappa shape index (κ2) is 8.28. The summed E-state index contributed by atoms with van der Waals surface area (Å²) in [6, 6.07) is 0. The third-order valence-corrected chi connectivity index (χ3v) is 4.51. The molecule has 0 amide bonds. The molecule has 0 N–H and O–H groups in total. The highest BCUT2D eigenvalue weighted by molar-refractivity contribution is 5.73. The molecule has 0 aromatic rings. The average Bonchev–Trinajstić information content (AvgIpc) is 2.55. The normalized spacial score (nSPS) is 31.3. The van der Waals surface area contributed by atoms with Crippen LogP contribution in [0.4, 0.5) is 0 Å². The summed E-state index contributed by atoms with van der Waals surface area (Å²) in [5.74, 6) is 0.291. The van der Waals surface area contributed by atoms with Crippen molar-refractivity contribution >= 4 is 6.29 Å². The van der Waals surface area contributed by atoms with Crippen LogP contribution in [0.15, 0.2) is 23.5 Å². The Balaban J connectivity index is 2.12. The van der Waals surface area contributed by atoms with Gasteiger partial charge in [-0.15, -0.1) is 0 Å². The monoisotopic (exact) mass is 338 g/mol. The predicted octanol–water partition coefficient (Wildman–Crippen LogP) is 3.45. The quantitative estimate of drug-likeness (QED) is 0.548. The Labute approximate surface area is 145 Å². The summed E-state index contributed by atoms with van der Waals surface area (Å²) in [6.07, 6.45) is 4.65. The lowest BCUT2D eigenvalue weighted by Gasteiger charge is -2.40. The van der Waals surface area contributed by atoms with E-state index in [0.717, 1.165) is 18.3 Å². The summed E-state index contributed by atoms with van der Waals surface area (Å²) in [5, 5.41) is 0. The molecule has 0 aliphatic carbocycles. The Hall–Kier alpha value is -1.17. The van der Waals surface area contributed by atoms with Crippen molar-refractivity contribution in [3.8, 4) is 0 Å². The van der Waals surface area contributed by atoms with Crippen molar-refractivity contribution in [3.63, 3.8) is 0 Å². The highest BCUT2D eigenvalue weighted by atomic mass is 16.7. The zero-order valence-corrected chi connectivity index (χ0v) is 15.4. The minimum absolute atomic E-state index is 0.0539. The predicted molar refractivity (Wildman–Crippen MR) is 91.1 cm³/mol. The van der Waals surface area contributed by atoms with Gasteiger partial charge in [-0.2, -0.15) is 0 Å². The maximum Gasteiger partial charge on any atom is 0.202 e. The first-order valence-corrected chi connectivity index (χ1v) is 8.70. The van der Waals surface area contributed by atoms with E-state index in [4.69, 9.17) is 18.9 Å². The number of carbonyl (C=O) groups is 1. The Morgan fingerprint density at radius 2 is 2.04 bits per heavy atom. The second-order valence-corrected chi connectivity index (χ2v) is 7.50. The average molecular weight is 338 g/mol. The van der Waals surface area contributed by atoms with Gasteiger partial charge in [0.05, 0.1) is 19.5 Å². The summed E-state index contributed by atoms with van der Waals surface area (Å²) >= 11 is 0. The molecule has 2 aliphatic heterocycles. The van der Waals surface area contributed by atoms with Crippen LogP contribution >= 0.6 is 0 Å². The molecule has 0 spiro atoms. The van der Waals surface area contributed by atoms with Crippen molar-refractivity contribution < 1.29 is 23.7 Å². The molecule has 5 nitrogen and oxygen atoms in total. The number of aldehydes is 1. The molecule has 1 fully saturated rings. The summed E-state index contributed by atoms with van der Waals surface area (Å²) < 4.78 is 23.2. The van der Waals surface area contributed by atoms with Gasteiger partial charge in [-0.1, -0.05) is 20.8 Å². The van der Waals surface area contributed by atoms with Gasteiger partial charge < -0.3 is 18.9 Å². The summed E-state index contributed by atoms with van der Waals surface area (Å²) in [6.45, 7) is 12.1. The molecule has 0 aromatic heterocycles. The molecule has 136 valence electrons. The van der Waals surface area contributed by atoms with Crippen LogP contribution in [0.2, 0.25) is 0 Å². The lowest BCUT2D eigenvalue weighted by molar-refractivity contribution is -0.233. The van der Waals surface area contributed by atoms with Crippen LogP contribution in [-0.2, 0) is 23.7 Å². The fourth-order valence-corrected chi connectivity index (χ4v) is 3.06. The van der Waals surface area contributed by atoms with Crippen LogP contribution in [0, 0.1) is 17.3 Å². The molecule has 2 heterocycles. The van der Waals surface area contributed by atoms with E-state index >= 15 is 0 Å². The maximum atomic E-state index is 11.0. The third kappa shape index (κ3) is 4.91. The second-order valence-electron chi connectivity index (χ2n) is 7.50. The molecule has 0 saturated carbocycles. The number of allylic oxidation sites excluding steroid dienone is 3. The maximum absolute atomic E-state index is 11.0. The fraction of sp³-hybridized carbons (Fsp3) is 0.737. The zero-order valence-electron chi connectivity index (χ0n) is 15.4. The van der Waals surface area contributed by atoms with Crippen LogP contribution in [0.25, 0.3) is 0 Å². The van der Waals surface area contributed by atoms with Crippen molar-refractivity contribution in [2.45, 2.75) is 53.6 Å². The molecule has 5 heteroatoms. The van der Waals surface area contributed by atoms with Gasteiger partial charge in [0.2, 0.25) is 6.29 Å². The minimum Gasteiger partial charge on any atom is -0.472 e. The Morgan fingerprint density at radius 3 is 2.62 bits per heavy atom. The van der Waals surface area contributed by atoms with Gasteiger partial charge in [-0.3, -0.25) is 4.79 Å². The zero-order chi connectivity index (χ0) is 17.7. The first-order chi connectivity index (χ1) is 11.4. The van der Waals surface area contributed by atoms with Crippen molar-refractivity contribution in [2.75, 3.05) is 19.8 Å². The van der Waals surface area contributed by atoms with Gasteiger partial charge in [0, 0.05) is 30.3 Å². The third-order valence-electron chi connectivity index (χ3n) is 4.51. The number of rotatable bonds is 6. The van der Waals surface area contributed by atoms with Crippen molar-refractivity contribution in [3.05, 3.63) is 23.5 Å². The highest BCUT2D eigenvalue weighted by Crippen LogP contribution is 2.37. The number of ether oxygens (including phenoxy) is 4. The molecule has 2 rings (SSSR count). The smallest absolute Gasteiger partial charge is 0.202 e. The summed E-state index contributed by atoms with van der Waals surface area (Å²) in [7, 11) is 0. The van der Waals surface area contributed by atoms with Crippen LogP contribution in [0.3, 0.4) is 0 Å². The van der Waals surface area contributed by atoms with E-state index in [1.807, 2.05) is 13.0 Å². The van der Waals surface area contributed by atoms with E-state index in [1.54, 1.807) is 13.2 Å². The Morgan fingerprint density at radius 1 is 1.38 bits per heavy atom. The van der Waals surface area contributed by atoms with Gasteiger partial charge in [-0.05, 0) is 31.1 Å². The molecule has 3 unspecified atom stereocenters. The van der Waals surface area contributed by atoms with Crippen LogP contribution in [0.1, 0.15) is 41.0 Å². The molecule has 1 saturated heterocycles. The molecular formula is C19H30O5. The first-order valence-electron chi connectivity index (χ1n) is 8.70. The van der Waals surface area contributed by atoms with E-state index in [0.29, 0.717) is 25.4 Å². The standard InChI is InChI=1S/C19H30O5/c1-6-21-18-14(3)16(15(10-22-18)7-13(2)9-20)8-17-23-11-19(4,5)12-24-17/h7,9-10,14,16-18H,6,8,11-12H2,1-5H3/b13-7-. The van der Waals surface area contributed by atoms with Gasteiger partial charge in [0.15, 0.2) is 6.29 Å². The van der Waals surface area contributed by atoms with Gasteiger partial charge in [0.1, 0.15) is 6.29 Å². The van der Waals surface area contributed by atoms with Crippen LogP contribution in [-0.4, -0.2) is 38.7 Å². The van der Waals surface area contributed by atoms with E-state index in [9.17, 15) is 4.79 Å². The molecule has 0 aromatic carbocycles. The molecule has 24 heavy (non-hydrogen) atoms. The minimum atomic E-state index is -0.284. The van der Waals surface area contributed by atoms with Crippen molar-refractivity contribution in [1.29, 1.82) is 0 Å². The lowest BCUT2D eigenvalue weighted by atomic mass is 9.81. The highest BCUT2D eigenvalue weighted by Gasteiger charge is 2.37. The fourth-order valence-electron chi connectivity index (χ4n) is 3.06. The van der Waals surface area contributed by atoms with Crippen molar-refractivity contribution in [1.82, 2.24) is 0 Å². The lowest BCUT2D eigenvalue weighted by Crippen LogP contribution is -2.41. The van der Waals surface area contributed by atoms with E-state index in [1.165, 1.54) is 0 Å². The van der Waals surface area contributed by atoms with Crippen LogP contribution < -0.4 is 0 Å². The van der Waals surface area contributed by atoms with Crippen molar-refractivity contribution in [2.24, 2.45) is 17.3 Å². The molecule has 3 atom stereocenters. The SMILES string of the molecule is CCOC1OC=C(/C=C(/C)C=O)C(CC2OCC(C)(C)CO2)C1C. The number of hydrogen-bond donors (Lipinski definition) is 0. The van der Waals surface area contributed by atoms with E-state index < -0.39 is 0 Å². The molecule has 0 radical (unpaired) electrons. The molecule has 2 aliphatic rings. The molecular weight excluding hydrogens is 308 g/mol. The van der Waals surface area contributed by atoms with Crippen LogP contribution in [0.5, 0.6) is 0 Å². The van der Waals surface area contributed by atoms with Gasteiger partial charge in [0.25, 0.3) is 0 Å². The number of hydrogen-bond acceptors (Lipinski definition) is 5. The first kappa shape index (κ1) is 19.2. The molecule has 0 bridgehead atoms. The van der Waals surface area contributed by atoms with Gasteiger partial charge >= 0.3 is 0 Å². The summed E-state index contributed by atoms with van der Waals surface area (Å²) in [5.41, 5.74) is 1.71. The summed E-state index contributed by atoms with van der Waals surface area (Å²) in [4.78, 5) is 11.0. The Bertz CT molecular complexity index is 484. The largest absolute Gasteiger partial charge is 0.472 e. The van der Waals surface area contributed by atoms with E-state index in [-0.39, 0.29) is 29.8 Å². The van der Waals surface area contributed by atoms with E-state index in [2.05, 4.69) is 20.8 Å². The Kier molecular flexibility index (Phi) is 6.61. The number of carbonyl (C=O) groups excluding carboxylic acids is 1. The topological polar surface area (TPSA) is 54.0 Å². The van der Waals surface area contributed by atoms with Gasteiger partial charge in [-0.25, -0.2) is 0 Å².